The van der Waals surface area contributed by atoms with E-state index in [-0.39, 0.29) is 33.7 Å². The number of ether oxygens (including phenoxy) is 5. The number of urea groups is 1. The van der Waals surface area contributed by atoms with E-state index in [0.717, 1.165) is 22.4 Å². The largest absolute Gasteiger partial charge is 0.493 e. The van der Waals surface area contributed by atoms with Crippen LogP contribution in [0, 0.1) is 0 Å². The Hall–Kier alpha value is -5.19. The summed E-state index contributed by atoms with van der Waals surface area (Å²) in [5, 5.41) is 2.51. The fourth-order valence-corrected chi connectivity index (χ4v) is 5.52. The van der Waals surface area contributed by atoms with Crippen LogP contribution in [0.4, 0.5) is 10.5 Å². The number of benzene rings is 4. The summed E-state index contributed by atoms with van der Waals surface area (Å²) in [7, 11) is 1.56. The molecule has 0 bridgehead atoms. The van der Waals surface area contributed by atoms with Gasteiger partial charge in [-0.25, -0.2) is 9.69 Å². The summed E-state index contributed by atoms with van der Waals surface area (Å²) in [4.78, 5) is 40.1. The Labute approximate surface area is 294 Å². The van der Waals surface area contributed by atoms with Crippen molar-refractivity contribution < 1.29 is 38.1 Å². The van der Waals surface area contributed by atoms with Crippen LogP contribution in [0.5, 0.6) is 28.7 Å². The average Bonchev–Trinajstić information content (AvgIpc) is 3.09. The quantitative estimate of drug-likeness (QED) is 0.104. The molecule has 0 atom stereocenters. The first kappa shape index (κ1) is 35.1. The first-order valence-electron chi connectivity index (χ1n) is 15.5. The Morgan fingerprint density at radius 2 is 1.43 bits per heavy atom. The van der Waals surface area contributed by atoms with Gasteiger partial charge in [0.05, 0.1) is 36.1 Å². The second-order valence-corrected chi connectivity index (χ2v) is 11.5. The molecule has 0 spiro atoms. The molecule has 254 valence electrons. The molecule has 0 aliphatic carbocycles. The number of rotatable bonds is 14. The number of nitrogens with one attached hydrogen (secondary N) is 1. The van der Waals surface area contributed by atoms with Crippen LogP contribution in [0.15, 0.2) is 84.4 Å². The Morgan fingerprint density at radius 1 is 0.735 bits per heavy atom. The summed E-state index contributed by atoms with van der Waals surface area (Å²) in [6, 6.07) is 22.0. The number of nitrogens with zero attached hydrogens (tertiary/aromatic N) is 1. The smallest absolute Gasteiger partial charge is 0.335 e. The zero-order valence-electron chi connectivity index (χ0n) is 27.1. The minimum absolute atomic E-state index is 0.110. The highest BCUT2D eigenvalue weighted by atomic mass is 35.5. The first-order valence-corrected chi connectivity index (χ1v) is 16.2. The van der Waals surface area contributed by atoms with Crippen molar-refractivity contribution in [2.45, 2.75) is 33.5 Å². The van der Waals surface area contributed by atoms with Gasteiger partial charge in [0.25, 0.3) is 11.8 Å². The van der Waals surface area contributed by atoms with E-state index in [1.54, 1.807) is 38.3 Å². The highest BCUT2D eigenvalue weighted by Gasteiger charge is 2.37. The van der Waals surface area contributed by atoms with Crippen molar-refractivity contribution >= 4 is 52.8 Å². The third-order valence-corrected chi connectivity index (χ3v) is 7.79. The lowest BCUT2D eigenvalue weighted by Gasteiger charge is -2.27. The molecule has 4 aromatic rings. The molecule has 4 aromatic carbocycles. The number of hydrogen-bond acceptors (Lipinski definition) is 8. The summed E-state index contributed by atoms with van der Waals surface area (Å²) >= 11 is 13.1. The molecule has 5 rings (SSSR count). The summed E-state index contributed by atoms with van der Waals surface area (Å²) in [6.45, 7) is 5.07. The van der Waals surface area contributed by atoms with Gasteiger partial charge in [-0.2, -0.15) is 0 Å². The molecule has 0 unspecified atom stereocenters. The van der Waals surface area contributed by atoms with Gasteiger partial charge in [-0.1, -0.05) is 66.5 Å². The number of halogens is 2. The Balaban J connectivity index is 1.32. The third-order valence-electron chi connectivity index (χ3n) is 7.23. The van der Waals surface area contributed by atoms with Gasteiger partial charge in [0, 0.05) is 6.07 Å². The minimum Gasteiger partial charge on any atom is -0.493 e. The maximum absolute atomic E-state index is 13.6. The van der Waals surface area contributed by atoms with Crippen molar-refractivity contribution in [3.8, 4) is 28.7 Å². The number of carbonyl (C=O) groups is 3. The van der Waals surface area contributed by atoms with Crippen LogP contribution in [-0.4, -0.2) is 38.2 Å². The van der Waals surface area contributed by atoms with E-state index in [0.29, 0.717) is 48.4 Å². The first-order chi connectivity index (χ1) is 23.7. The van der Waals surface area contributed by atoms with Crippen LogP contribution in [0.1, 0.15) is 37.0 Å². The van der Waals surface area contributed by atoms with Gasteiger partial charge in [0.1, 0.15) is 18.8 Å². The van der Waals surface area contributed by atoms with E-state index in [1.807, 2.05) is 43.3 Å². The number of carbonyl (C=O) groups excluding carboxylic acids is 3. The van der Waals surface area contributed by atoms with E-state index >= 15 is 0 Å². The molecule has 0 saturated carbocycles. The molecular weight excluding hydrogens is 671 g/mol. The van der Waals surface area contributed by atoms with Crippen molar-refractivity contribution in [1.82, 2.24) is 5.32 Å². The second-order valence-electron chi connectivity index (χ2n) is 10.7. The maximum Gasteiger partial charge on any atom is 0.335 e. The average molecular weight is 706 g/mol. The highest BCUT2D eigenvalue weighted by molar-refractivity contribution is 6.40. The third kappa shape index (κ3) is 8.46. The Bertz CT molecular complexity index is 1860. The summed E-state index contributed by atoms with van der Waals surface area (Å²) in [5.74, 6) is 0.454. The highest BCUT2D eigenvalue weighted by Crippen LogP contribution is 2.37. The number of imide groups is 2. The van der Waals surface area contributed by atoms with Crippen LogP contribution in [0.25, 0.3) is 6.08 Å². The van der Waals surface area contributed by atoms with E-state index in [4.69, 9.17) is 46.9 Å². The second kappa shape index (κ2) is 16.3. The van der Waals surface area contributed by atoms with Crippen molar-refractivity contribution in [3.05, 3.63) is 111 Å². The Morgan fingerprint density at radius 3 is 2.12 bits per heavy atom. The number of hydrogen-bond donors (Lipinski definition) is 1. The predicted octanol–water partition coefficient (Wildman–Crippen LogP) is 8.01. The van der Waals surface area contributed by atoms with E-state index < -0.39 is 17.8 Å². The number of barbiturate groups is 1. The predicted molar refractivity (Wildman–Crippen MR) is 187 cm³/mol. The fourth-order valence-electron chi connectivity index (χ4n) is 4.91. The van der Waals surface area contributed by atoms with Crippen molar-refractivity contribution in [2.24, 2.45) is 0 Å². The molecule has 1 aliphatic heterocycles. The molecule has 1 N–H and O–H groups in total. The SMILES string of the molecule is CCCOc1ccc(N2C(=O)NC(=O)/C(=C\c3cc(Cl)c(OCc4ccc(OCc5ccccc5)c(OC)c4)c(Cl)c3)C2=O)cc1OCC. The molecular formula is C37H34Cl2N2O8. The molecule has 0 aromatic heterocycles. The minimum atomic E-state index is -0.899. The molecule has 1 fully saturated rings. The summed E-state index contributed by atoms with van der Waals surface area (Å²) in [5.41, 5.74) is 2.04. The van der Waals surface area contributed by atoms with E-state index in [2.05, 4.69) is 5.32 Å². The zero-order chi connectivity index (χ0) is 34.9. The van der Waals surface area contributed by atoms with Crippen molar-refractivity contribution in [2.75, 3.05) is 25.2 Å². The summed E-state index contributed by atoms with van der Waals surface area (Å²) < 4.78 is 28.8. The van der Waals surface area contributed by atoms with Crippen LogP contribution < -0.4 is 33.9 Å². The number of anilines is 1. The van der Waals surface area contributed by atoms with E-state index in [1.165, 1.54) is 24.3 Å². The Kier molecular flexibility index (Phi) is 11.7. The topological polar surface area (TPSA) is 113 Å². The lowest BCUT2D eigenvalue weighted by Crippen LogP contribution is -2.54. The van der Waals surface area contributed by atoms with Crippen LogP contribution in [0.3, 0.4) is 0 Å². The molecule has 0 radical (unpaired) electrons. The van der Waals surface area contributed by atoms with Gasteiger partial charge < -0.3 is 23.7 Å². The molecule has 10 nitrogen and oxygen atoms in total. The fraction of sp³-hybridized carbons (Fsp3) is 0.216. The maximum atomic E-state index is 13.6. The van der Waals surface area contributed by atoms with E-state index in [9.17, 15) is 14.4 Å². The van der Waals surface area contributed by atoms with Gasteiger partial charge in [0.15, 0.2) is 28.7 Å². The van der Waals surface area contributed by atoms with Crippen LogP contribution in [0.2, 0.25) is 10.0 Å². The standard InChI is InChI=1S/C37H34Cl2N2O8/c1-4-15-47-31-14-12-26(20-33(31)46-5-2)41-36(43)27(35(42)40-37(41)44)16-25-17-28(38)34(29(39)18-25)49-22-24-11-13-30(32(19-24)45-3)48-21-23-9-7-6-8-10-23/h6-14,16-20H,4-5,15,21-22H2,1-3H3,(H,40,42,44)/b27-16+. The van der Waals surface area contributed by atoms with Gasteiger partial charge in [-0.05, 0) is 72.5 Å². The van der Waals surface area contributed by atoms with Crippen LogP contribution in [-0.2, 0) is 22.8 Å². The molecule has 12 heteroatoms. The molecule has 49 heavy (non-hydrogen) atoms. The molecule has 1 heterocycles. The summed E-state index contributed by atoms with van der Waals surface area (Å²) in [6.07, 6.45) is 2.09. The lowest BCUT2D eigenvalue weighted by atomic mass is 10.1. The van der Waals surface area contributed by atoms with Crippen molar-refractivity contribution in [3.63, 3.8) is 0 Å². The molecule has 1 saturated heterocycles. The van der Waals surface area contributed by atoms with Gasteiger partial charge in [-0.15, -0.1) is 0 Å². The monoisotopic (exact) mass is 704 g/mol. The number of amides is 4. The molecule has 1 aliphatic rings. The number of methoxy groups -OCH3 is 1. The van der Waals surface area contributed by atoms with Crippen LogP contribution >= 0.6 is 23.2 Å². The van der Waals surface area contributed by atoms with Gasteiger partial charge in [0.2, 0.25) is 0 Å². The zero-order valence-corrected chi connectivity index (χ0v) is 28.6. The van der Waals surface area contributed by atoms with Crippen molar-refractivity contribution in [1.29, 1.82) is 0 Å². The van der Waals surface area contributed by atoms with Gasteiger partial charge >= 0.3 is 6.03 Å². The normalized spacial score (nSPS) is 13.7. The van der Waals surface area contributed by atoms with Gasteiger partial charge in [-0.3, -0.25) is 14.9 Å². The molecule has 4 amide bonds. The lowest BCUT2D eigenvalue weighted by molar-refractivity contribution is -0.122.